The monoisotopic (exact) mass is 278 g/mol. The lowest BCUT2D eigenvalue weighted by Gasteiger charge is -2.16. The van der Waals surface area contributed by atoms with Crippen LogP contribution in [0.2, 0.25) is 0 Å². The number of hydrogen-bond acceptors (Lipinski definition) is 4. The van der Waals surface area contributed by atoms with Crippen molar-refractivity contribution in [2.24, 2.45) is 5.73 Å². The van der Waals surface area contributed by atoms with Crippen molar-refractivity contribution in [3.05, 3.63) is 35.4 Å². The van der Waals surface area contributed by atoms with Crippen LogP contribution in [0, 0.1) is 0 Å². The lowest BCUT2D eigenvalue weighted by atomic mass is 10.0. The van der Waals surface area contributed by atoms with Gasteiger partial charge in [-0.1, -0.05) is 24.3 Å². The van der Waals surface area contributed by atoms with Crippen molar-refractivity contribution in [2.45, 2.75) is 32.4 Å². The molecule has 2 atom stereocenters. The van der Waals surface area contributed by atoms with Gasteiger partial charge in [0.1, 0.15) is 6.04 Å². The van der Waals surface area contributed by atoms with Gasteiger partial charge in [-0.3, -0.25) is 9.59 Å². The molecule has 0 saturated carbocycles. The second-order valence-electron chi connectivity index (χ2n) is 4.65. The Morgan fingerprint density at radius 3 is 2.20 bits per heavy atom. The van der Waals surface area contributed by atoms with Gasteiger partial charge >= 0.3 is 5.97 Å². The number of carbonyl (C=O) groups is 3. The summed E-state index contributed by atoms with van der Waals surface area (Å²) in [6.07, 6.45) is 0.131. The first-order valence-corrected chi connectivity index (χ1v) is 6.20. The maximum atomic E-state index is 11.4. The zero-order valence-electron chi connectivity index (χ0n) is 11.4. The van der Waals surface area contributed by atoms with Crippen molar-refractivity contribution in [3.8, 4) is 0 Å². The molecule has 6 nitrogen and oxygen atoms in total. The Balaban J connectivity index is 2.78. The Morgan fingerprint density at radius 1 is 1.25 bits per heavy atom. The number of benzene rings is 1. The number of rotatable bonds is 6. The van der Waals surface area contributed by atoms with Gasteiger partial charge in [-0.15, -0.1) is 0 Å². The Hall–Kier alpha value is -2.21. The molecule has 0 aliphatic rings. The maximum Gasteiger partial charge on any atom is 0.326 e. The molecule has 0 aliphatic heterocycles. The molecule has 4 N–H and O–H groups in total. The van der Waals surface area contributed by atoms with Crippen molar-refractivity contribution >= 4 is 17.7 Å². The summed E-state index contributed by atoms with van der Waals surface area (Å²) in [5.74, 6) is -1.70. The Morgan fingerprint density at radius 2 is 1.80 bits per heavy atom. The first-order valence-electron chi connectivity index (χ1n) is 6.20. The second kappa shape index (κ2) is 6.81. The van der Waals surface area contributed by atoms with E-state index in [0.29, 0.717) is 11.1 Å². The molecular formula is C14H18N2O4. The Bertz CT molecular complexity index is 508. The molecule has 1 aromatic carbocycles. The molecular weight excluding hydrogens is 260 g/mol. The summed E-state index contributed by atoms with van der Waals surface area (Å²) in [6, 6.07) is 4.79. The number of nitrogens with one attached hydrogen (secondary N) is 1. The van der Waals surface area contributed by atoms with Crippen LogP contribution in [0.3, 0.4) is 0 Å². The lowest BCUT2D eigenvalue weighted by molar-refractivity contribution is -0.141. The zero-order valence-corrected chi connectivity index (χ0v) is 11.4. The van der Waals surface area contributed by atoms with Gasteiger partial charge in [0.2, 0.25) is 5.91 Å². The minimum absolute atomic E-state index is 0.0587. The zero-order chi connectivity index (χ0) is 15.3. The molecule has 0 spiro atoms. The molecule has 0 heterocycles. The fourth-order valence-corrected chi connectivity index (χ4v) is 1.61. The van der Waals surface area contributed by atoms with Gasteiger partial charge in [0, 0.05) is 12.0 Å². The number of ketones is 1. The summed E-state index contributed by atoms with van der Waals surface area (Å²) in [5, 5.41) is 11.5. The van der Waals surface area contributed by atoms with Crippen LogP contribution in [0.15, 0.2) is 24.3 Å². The summed E-state index contributed by atoms with van der Waals surface area (Å²) >= 11 is 0. The highest BCUT2D eigenvalue weighted by atomic mass is 16.4. The number of hydrogen-bond donors (Lipinski definition) is 3. The van der Waals surface area contributed by atoms with E-state index in [1.165, 1.54) is 13.8 Å². The molecule has 6 heteroatoms. The highest BCUT2D eigenvalue weighted by Gasteiger charge is 2.21. The van der Waals surface area contributed by atoms with E-state index < -0.39 is 24.0 Å². The molecule has 108 valence electrons. The van der Waals surface area contributed by atoms with Crippen molar-refractivity contribution in [2.75, 3.05) is 0 Å². The summed E-state index contributed by atoms with van der Waals surface area (Å²) < 4.78 is 0. The average Bonchev–Trinajstić information content (AvgIpc) is 2.38. The van der Waals surface area contributed by atoms with E-state index in [9.17, 15) is 14.4 Å². The highest BCUT2D eigenvalue weighted by molar-refractivity contribution is 5.94. The summed E-state index contributed by atoms with van der Waals surface area (Å²) in [7, 11) is 0. The first-order chi connectivity index (χ1) is 9.31. The van der Waals surface area contributed by atoms with E-state index in [4.69, 9.17) is 10.8 Å². The minimum Gasteiger partial charge on any atom is -0.480 e. The number of amides is 1. The predicted octanol–water partition coefficient (Wildman–Crippen LogP) is 0.348. The standard InChI is InChI=1S/C14H18N2O4/c1-8(15)13(18)16-12(14(19)20)7-10-3-5-11(6-4-10)9(2)17/h3-6,8,12H,7,15H2,1-2H3,(H,16,18)(H,19,20). The van der Waals surface area contributed by atoms with Crippen LogP contribution >= 0.6 is 0 Å². The topological polar surface area (TPSA) is 109 Å². The highest BCUT2D eigenvalue weighted by Crippen LogP contribution is 2.08. The Kier molecular flexibility index (Phi) is 5.40. The van der Waals surface area contributed by atoms with Gasteiger partial charge in [-0.25, -0.2) is 4.79 Å². The van der Waals surface area contributed by atoms with Crippen LogP contribution in [-0.4, -0.2) is 34.8 Å². The smallest absolute Gasteiger partial charge is 0.326 e. The van der Waals surface area contributed by atoms with Crippen molar-refractivity contribution in [1.82, 2.24) is 5.32 Å². The van der Waals surface area contributed by atoms with E-state index in [2.05, 4.69) is 5.32 Å². The normalized spacial score (nSPS) is 13.3. The van der Waals surface area contributed by atoms with Gasteiger partial charge in [0.05, 0.1) is 6.04 Å². The SMILES string of the molecule is CC(=O)c1ccc(CC(NC(=O)C(C)N)C(=O)O)cc1. The van der Waals surface area contributed by atoms with Gasteiger partial charge in [-0.05, 0) is 19.4 Å². The number of carboxylic acids is 1. The molecule has 2 unspecified atom stereocenters. The molecule has 0 bridgehead atoms. The number of Topliss-reactive ketones (excluding diaryl/α,β-unsaturated/α-hetero) is 1. The fraction of sp³-hybridized carbons (Fsp3) is 0.357. The molecule has 0 fully saturated rings. The van der Waals surface area contributed by atoms with Crippen LogP contribution in [0.4, 0.5) is 0 Å². The van der Waals surface area contributed by atoms with E-state index in [1.54, 1.807) is 24.3 Å². The van der Waals surface area contributed by atoms with Crippen molar-refractivity contribution in [3.63, 3.8) is 0 Å². The van der Waals surface area contributed by atoms with Crippen LogP contribution in [-0.2, 0) is 16.0 Å². The third-order valence-electron chi connectivity index (χ3n) is 2.83. The predicted molar refractivity (Wildman–Crippen MR) is 73.4 cm³/mol. The van der Waals surface area contributed by atoms with Crippen molar-refractivity contribution in [1.29, 1.82) is 0 Å². The summed E-state index contributed by atoms with van der Waals surface area (Å²) in [4.78, 5) is 33.7. The molecule has 1 rings (SSSR count). The van der Waals surface area contributed by atoms with Crippen molar-refractivity contribution < 1.29 is 19.5 Å². The molecule has 0 radical (unpaired) electrons. The molecule has 1 amide bonds. The third kappa shape index (κ3) is 4.47. The van der Waals surface area contributed by atoms with Crippen LogP contribution in [0.1, 0.15) is 29.8 Å². The second-order valence-corrected chi connectivity index (χ2v) is 4.65. The average molecular weight is 278 g/mol. The number of carboxylic acid groups (broad SMARTS) is 1. The van der Waals surface area contributed by atoms with E-state index in [-0.39, 0.29) is 12.2 Å². The fourth-order valence-electron chi connectivity index (χ4n) is 1.61. The van der Waals surface area contributed by atoms with Crippen LogP contribution in [0.25, 0.3) is 0 Å². The number of aliphatic carboxylic acids is 1. The number of nitrogens with two attached hydrogens (primary N) is 1. The van der Waals surface area contributed by atoms with Gasteiger partial charge in [-0.2, -0.15) is 0 Å². The van der Waals surface area contributed by atoms with Crippen LogP contribution in [0.5, 0.6) is 0 Å². The molecule has 20 heavy (non-hydrogen) atoms. The van der Waals surface area contributed by atoms with Crippen LogP contribution < -0.4 is 11.1 Å². The quantitative estimate of drug-likeness (QED) is 0.650. The molecule has 1 aromatic rings. The number of carbonyl (C=O) groups excluding carboxylic acids is 2. The van der Waals surface area contributed by atoms with E-state index in [0.717, 1.165) is 0 Å². The summed E-state index contributed by atoms with van der Waals surface area (Å²) in [6.45, 7) is 2.94. The van der Waals surface area contributed by atoms with E-state index >= 15 is 0 Å². The molecule has 0 aromatic heterocycles. The summed E-state index contributed by atoms with van der Waals surface area (Å²) in [5.41, 5.74) is 6.66. The molecule has 0 aliphatic carbocycles. The Labute approximate surface area is 117 Å². The van der Waals surface area contributed by atoms with E-state index in [1.807, 2.05) is 0 Å². The largest absolute Gasteiger partial charge is 0.480 e. The lowest BCUT2D eigenvalue weighted by Crippen LogP contribution is -2.48. The van der Waals surface area contributed by atoms with Gasteiger partial charge < -0.3 is 16.2 Å². The first kappa shape index (κ1) is 15.8. The van der Waals surface area contributed by atoms with Gasteiger partial charge in [0.15, 0.2) is 5.78 Å². The third-order valence-corrected chi connectivity index (χ3v) is 2.83. The van der Waals surface area contributed by atoms with Gasteiger partial charge in [0.25, 0.3) is 0 Å². The minimum atomic E-state index is -1.13. The maximum absolute atomic E-state index is 11.4. The molecule has 0 saturated heterocycles.